The highest BCUT2D eigenvalue weighted by Gasteiger charge is 2.57. The van der Waals surface area contributed by atoms with E-state index in [0.29, 0.717) is 27.1 Å². The summed E-state index contributed by atoms with van der Waals surface area (Å²) in [5.41, 5.74) is 3.81. The molecule has 0 heterocycles. The molecule has 0 aliphatic heterocycles. The molecule has 5 saturated carbocycles. The molecule has 0 atom stereocenters. The van der Waals surface area contributed by atoms with Crippen molar-refractivity contribution in [2.45, 2.75) is 172 Å². The Balaban J connectivity index is 0.000000176. The van der Waals surface area contributed by atoms with Crippen molar-refractivity contribution in [2.24, 2.45) is 38.4 Å². The first kappa shape index (κ1) is 29.2. The molecule has 5 rings (SSSR count). The van der Waals surface area contributed by atoms with E-state index < -0.39 is 0 Å². The van der Waals surface area contributed by atoms with Crippen LogP contribution in [0.3, 0.4) is 0 Å². The Hall–Kier alpha value is 0. The molecule has 0 heteroatoms. The molecule has 0 amide bonds. The first-order valence-electron chi connectivity index (χ1n) is 14.8. The lowest BCUT2D eigenvalue weighted by Gasteiger charge is -2.64. The molecule has 2 bridgehead atoms. The van der Waals surface area contributed by atoms with Crippen molar-refractivity contribution in [3.63, 3.8) is 0 Å². The lowest BCUT2D eigenvalue weighted by atomic mass is 9.41. The second kappa shape index (κ2) is 10.5. The summed E-state index contributed by atoms with van der Waals surface area (Å²) in [5, 5.41) is 0. The van der Waals surface area contributed by atoms with Crippen LogP contribution in [0.5, 0.6) is 0 Å². The van der Waals surface area contributed by atoms with Crippen molar-refractivity contribution in [1.82, 2.24) is 0 Å². The van der Waals surface area contributed by atoms with Crippen LogP contribution in [0.4, 0.5) is 0 Å². The minimum atomic E-state index is 0.520. The quantitative estimate of drug-likeness (QED) is 0.392. The van der Waals surface area contributed by atoms with E-state index in [4.69, 9.17) is 0 Å². The van der Waals surface area contributed by atoms with Crippen molar-refractivity contribution < 1.29 is 0 Å². The Morgan fingerprint density at radius 2 is 0.788 bits per heavy atom. The molecule has 0 spiro atoms. The summed E-state index contributed by atoms with van der Waals surface area (Å²) >= 11 is 0. The molecule has 5 aliphatic carbocycles. The number of hydrogen-bond acceptors (Lipinski definition) is 0. The fraction of sp³-hybridized carbons (Fsp3) is 1.00. The van der Waals surface area contributed by atoms with Gasteiger partial charge in [-0.25, -0.2) is 0 Å². The molecule has 0 nitrogen and oxygen atoms in total. The summed E-state index contributed by atoms with van der Waals surface area (Å²) in [4.78, 5) is 0. The molecule has 0 aromatic heterocycles. The zero-order valence-corrected chi connectivity index (χ0v) is 25.2. The van der Waals surface area contributed by atoms with Crippen molar-refractivity contribution in [1.29, 1.82) is 0 Å². The highest BCUT2D eigenvalue weighted by atomic mass is 14.6. The van der Waals surface area contributed by atoms with Crippen LogP contribution in [-0.2, 0) is 0 Å². The smallest absolute Gasteiger partial charge is 0.0285 e. The van der Waals surface area contributed by atoms with Crippen LogP contribution in [0.25, 0.3) is 0 Å². The van der Waals surface area contributed by atoms with Crippen molar-refractivity contribution in [2.75, 3.05) is 0 Å². The molecule has 0 radical (unpaired) electrons. The Labute approximate surface area is 210 Å². The van der Waals surface area contributed by atoms with Crippen LogP contribution < -0.4 is 0 Å². The monoisotopic (exact) mass is 461 g/mol. The molecule has 0 aromatic rings. The van der Waals surface area contributed by atoms with Gasteiger partial charge >= 0.3 is 0 Å². The maximum atomic E-state index is 2.48. The van der Waals surface area contributed by atoms with Crippen molar-refractivity contribution >= 4 is 0 Å². The average molecular weight is 461 g/mol. The predicted octanol–water partition coefficient (Wildman–Crippen LogP) is 11.6. The van der Waals surface area contributed by atoms with Gasteiger partial charge in [-0.1, -0.05) is 108 Å². The molecular weight excluding hydrogens is 396 g/mol. The third-order valence-electron chi connectivity index (χ3n) is 8.86. The summed E-state index contributed by atoms with van der Waals surface area (Å²) in [6, 6.07) is 0. The third-order valence-corrected chi connectivity index (χ3v) is 8.86. The SMILES string of the molecule is CC(C)(C)CC1(C)CCCC1.CC(C)(C)CC1(C)CCCCC1.CC(C)(C)CC12CC(C1)C2. The van der Waals surface area contributed by atoms with Gasteiger partial charge in [-0.05, 0) is 103 Å². The van der Waals surface area contributed by atoms with E-state index in [-0.39, 0.29) is 0 Å². The van der Waals surface area contributed by atoms with Gasteiger partial charge in [0.05, 0.1) is 0 Å². The Morgan fingerprint density at radius 1 is 0.485 bits per heavy atom. The lowest BCUT2D eigenvalue weighted by molar-refractivity contribution is -0.130. The Morgan fingerprint density at radius 3 is 1.00 bits per heavy atom. The minimum absolute atomic E-state index is 0.520. The van der Waals surface area contributed by atoms with Crippen LogP contribution in [0.1, 0.15) is 172 Å². The van der Waals surface area contributed by atoms with Crippen LogP contribution in [0.15, 0.2) is 0 Å². The fourth-order valence-corrected chi connectivity index (χ4v) is 8.55. The highest BCUT2D eigenvalue weighted by molar-refractivity contribution is 5.07. The van der Waals surface area contributed by atoms with E-state index in [9.17, 15) is 0 Å². The van der Waals surface area contributed by atoms with Crippen LogP contribution >= 0.6 is 0 Å². The standard InChI is InChI=1S/C12H24.C11H22.C10H18/c1-11(2,3)10-12(4)8-6-5-7-9-12;1-10(2,3)9-11(4)7-5-6-8-11;1-9(2,3)7-10-4-8(5-10)6-10/h5-10H2,1-4H3;5-9H2,1-4H3;8H,4-7H2,1-3H3. The Bertz CT molecular complexity index is 558. The fourth-order valence-electron chi connectivity index (χ4n) is 8.55. The molecule has 33 heavy (non-hydrogen) atoms. The van der Waals surface area contributed by atoms with E-state index >= 15 is 0 Å². The van der Waals surface area contributed by atoms with Gasteiger partial charge in [0, 0.05) is 0 Å². The van der Waals surface area contributed by atoms with Gasteiger partial charge in [0.1, 0.15) is 0 Å². The van der Waals surface area contributed by atoms with Gasteiger partial charge in [-0.3, -0.25) is 0 Å². The lowest BCUT2D eigenvalue weighted by Crippen LogP contribution is -2.53. The number of hydrogen-bond donors (Lipinski definition) is 0. The normalized spacial score (nSPS) is 30.1. The van der Waals surface area contributed by atoms with Gasteiger partial charge in [0.25, 0.3) is 0 Å². The minimum Gasteiger partial charge on any atom is -0.0602 e. The molecule has 196 valence electrons. The van der Waals surface area contributed by atoms with Gasteiger partial charge in [-0.15, -0.1) is 0 Å². The summed E-state index contributed by atoms with van der Waals surface area (Å²) in [6.45, 7) is 26.2. The largest absolute Gasteiger partial charge is 0.0602 e. The summed E-state index contributed by atoms with van der Waals surface area (Å²) in [6.07, 6.45) is 22.1. The van der Waals surface area contributed by atoms with E-state index in [1.165, 1.54) is 77.0 Å². The maximum Gasteiger partial charge on any atom is -0.0285 e. The molecule has 0 unspecified atom stereocenters. The van der Waals surface area contributed by atoms with E-state index in [0.717, 1.165) is 11.3 Å². The molecule has 0 N–H and O–H groups in total. The second-order valence-electron chi connectivity index (χ2n) is 17.6. The van der Waals surface area contributed by atoms with Gasteiger partial charge in [0.2, 0.25) is 0 Å². The topological polar surface area (TPSA) is 0 Å². The van der Waals surface area contributed by atoms with E-state index in [2.05, 4.69) is 76.2 Å². The maximum absolute atomic E-state index is 2.48. The van der Waals surface area contributed by atoms with Gasteiger partial charge < -0.3 is 0 Å². The molecule has 0 saturated heterocycles. The summed E-state index contributed by atoms with van der Waals surface area (Å²) < 4.78 is 0. The highest BCUT2D eigenvalue weighted by Crippen LogP contribution is 2.68. The van der Waals surface area contributed by atoms with Crippen LogP contribution in [-0.4, -0.2) is 0 Å². The summed E-state index contributed by atoms with van der Waals surface area (Å²) in [7, 11) is 0. The second-order valence-corrected chi connectivity index (χ2v) is 17.6. The first-order valence-corrected chi connectivity index (χ1v) is 14.8. The van der Waals surface area contributed by atoms with Crippen molar-refractivity contribution in [3.05, 3.63) is 0 Å². The van der Waals surface area contributed by atoms with Crippen LogP contribution in [0, 0.1) is 38.4 Å². The van der Waals surface area contributed by atoms with E-state index in [1.54, 1.807) is 19.3 Å². The van der Waals surface area contributed by atoms with Crippen LogP contribution in [0.2, 0.25) is 0 Å². The van der Waals surface area contributed by atoms with Crippen molar-refractivity contribution in [3.8, 4) is 0 Å². The Kier molecular flexibility index (Phi) is 9.34. The molecule has 5 fully saturated rings. The van der Waals surface area contributed by atoms with Gasteiger partial charge in [0.15, 0.2) is 0 Å². The average Bonchev–Trinajstić information content (AvgIpc) is 2.93. The first-order chi connectivity index (χ1) is 14.8. The summed E-state index contributed by atoms with van der Waals surface area (Å²) in [5.74, 6) is 1.15. The zero-order chi connectivity index (χ0) is 25.2. The molecule has 5 aliphatic rings. The number of rotatable bonds is 3. The van der Waals surface area contributed by atoms with E-state index in [1.807, 2.05) is 0 Å². The predicted molar refractivity (Wildman–Crippen MR) is 150 cm³/mol. The third kappa shape index (κ3) is 10.7. The van der Waals surface area contributed by atoms with Gasteiger partial charge in [-0.2, -0.15) is 0 Å². The molecule has 0 aromatic carbocycles. The molecular formula is C33H64. The zero-order valence-electron chi connectivity index (χ0n) is 25.2.